The number of benzene rings is 3. The van der Waals surface area contributed by atoms with Gasteiger partial charge in [-0.15, -0.1) is 0 Å². The van der Waals surface area contributed by atoms with Gasteiger partial charge in [-0.2, -0.15) is 0 Å². The Morgan fingerprint density at radius 1 is 0.946 bits per heavy atom. The monoisotopic (exact) mass is 501 g/mol. The molecule has 0 aromatic heterocycles. The molecule has 1 aliphatic heterocycles. The van der Waals surface area contributed by atoms with Crippen molar-refractivity contribution >= 4 is 17.6 Å². The second-order valence-electron chi connectivity index (χ2n) is 9.65. The van der Waals surface area contributed by atoms with E-state index in [1.54, 1.807) is 0 Å². The highest BCUT2D eigenvalue weighted by Gasteiger charge is 2.20. The number of aliphatic hydroxyl groups is 1. The molecule has 7 nitrogen and oxygen atoms in total. The molecule has 1 saturated heterocycles. The topological polar surface area (TPSA) is 93.1 Å². The van der Waals surface area contributed by atoms with Crippen molar-refractivity contribution in [3.05, 3.63) is 89.0 Å². The van der Waals surface area contributed by atoms with Crippen molar-refractivity contribution in [3.8, 4) is 11.1 Å². The molecule has 3 N–H and O–H groups in total. The number of hydrogen-bond acceptors (Lipinski definition) is 5. The zero-order valence-electron chi connectivity index (χ0n) is 21.5. The number of aryl methyl sites for hydroxylation is 1. The second kappa shape index (κ2) is 12.0. The fraction of sp³-hybridized carbons (Fsp3) is 0.333. The quantitative estimate of drug-likeness (QED) is 0.406. The van der Waals surface area contributed by atoms with E-state index in [0.29, 0.717) is 12.1 Å². The molecule has 194 valence electrons. The molecule has 0 saturated carbocycles. The molecule has 4 rings (SSSR count). The van der Waals surface area contributed by atoms with E-state index in [9.17, 15) is 14.7 Å². The molecule has 1 aliphatic rings. The van der Waals surface area contributed by atoms with Crippen molar-refractivity contribution in [1.29, 1.82) is 0 Å². The van der Waals surface area contributed by atoms with Gasteiger partial charge in [-0.3, -0.25) is 14.5 Å². The van der Waals surface area contributed by atoms with Gasteiger partial charge >= 0.3 is 5.97 Å². The van der Waals surface area contributed by atoms with Gasteiger partial charge in [0.05, 0.1) is 19.1 Å². The van der Waals surface area contributed by atoms with E-state index in [1.807, 2.05) is 74.5 Å². The summed E-state index contributed by atoms with van der Waals surface area (Å²) in [6.45, 7) is 7.69. The first-order chi connectivity index (χ1) is 17.8. The summed E-state index contributed by atoms with van der Waals surface area (Å²) in [6, 6.07) is 21.7. The number of piperazine rings is 1. The largest absolute Gasteiger partial charge is 0.481 e. The van der Waals surface area contributed by atoms with Crippen LogP contribution in [0, 0.1) is 6.92 Å². The van der Waals surface area contributed by atoms with Gasteiger partial charge in [0, 0.05) is 44.0 Å². The van der Waals surface area contributed by atoms with Gasteiger partial charge in [-0.1, -0.05) is 42.5 Å². The molecule has 1 atom stereocenters. The van der Waals surface area contributed by atoms with Crippen LogP contribution in [0.2, 0.25) is 0 Å². The van der Waals surface area contributed by atoms with E-state index < -0.39 is 5.97 Å². The average Bonchev–Trinajstić information content (AvgIpc) is 2.92. The normalized spacial score (nSPS) is 14.8. The Hall–Kier alpha value is -3.68. The van der Waals surface area contributed by atoms with Gasteiger partial charge in [0.25, 0.3) is 5.91 Å². The van der Waals surface area contributed by atoms with Crippen molar-refractivity contribution in [2.45, 2.75) is 32.9 Å². The number of carbonyl (C=O) groups is 2. The Labute approximate surface area is 218 Å². The number of anilines is 1. The average molecular weight is 502 g/mol. The maximum absolute atomic E-state index is 13.3. The van der Waals surface area contributed by atoms with E-state index in [0.717, 1.165) is 59.7 Å². The number of aliphatic carboxylic acids is 1. The number of amides is 1. The number of carboxylic acids is 1. The van der Waals surface area contributed by atoms with Crippen LogP contribution in [0.15, 0.2) is 66.7 Å². The number of hydrogen-bond donors (Lipinski definition) is 3. The lowest BCUT2D eigenvalue weighted by Crippen LogP contribution is -2.47. The number of nitrogens with zero attached hydrogens (tertiary/aromatic N) is 2. The van der Waals surface area contributed by atoms with Crippen LogP contribution in [0.3, 0.4) is 0 Å². The summed E-state index contributed by atoms with van der Waals surface area (Å²) in [5, 5.41) is 21.5. The van der Waals surface area contributed by atoms with Crippen LogP contribution in [-0.4, -0.2) is 59.7 Å². The van der Waals surface area contributed by atoms with Gasteiger partial charge in [0.1, 0.15) is 0 Å². The van der Waals surface area contributed by atoms with Crippen LogP contribution in [0.1, 0.15) is 46.4 Å². The lowest BCUT2D eigenvalue weighted by Gasteiger charge is -2.36. The molecule has 0 spiro atoms. The lowest BCUT2D eigenvalue weighted by atomic mass is 9.98. The van der Waals surface area contributed by atoms with Crippen molar-refractivity contribution in [1.82, 2.24) is 10.2 Å². The van der Waals surface area contributed by atoms with Crippen molar-refractivity contribution < 1.29 is 19.8 Å². The lowest BCUT2D eigenvalue weighted by molar-refractivity contribution is -0.137. The third-order valence-corrected chi connectivity index (χ3v) is 7.02. The third kappa shape index (κ3) is 6.76. The van der Waals surface area contributed by atoms with Crippen LogP contribution in [-0.2, 0) is 11.4 Å². The fourth-order valence-electron chi connectivity index (χ4n) is 4.73. The van der Waals surface area contributed by atoms with Crippen LogP contribution in [0.25, 0.3) is 11.1 Å². The summed E-state index contributed by atoms with van der Waals surface area (Å²) in [5.41, 5.74) is 6.51. The summed E-state index contributed by atoms with van der Waals surface area (Å²) in [6.07, 6.45) is 0.158. The number of aliphatic hydroxyl groups excluding tert-OH is 1. The highest BCUT2D eigenvalue weighted by atomic mass is 16.4. The molecule has 3 aromatic carbocycles. The Balaban J connectivity index is 1.43. The van der Waals surface area contributed by atoms with Gasteiger partial charge in [0.2, 0.25) is 0 Å². The molecule has 3 aromatic rings. The molecule has 1 amide bonds. The Morgan fingerprint density at radius 2 is 1.65 bits per heavy atom. The van der Waals surface area contributed by atoms with Gasteiger partial charge < -0.3 is 20.4 Å². The minimum atomic E-state index is -0.770. The van der Waals surface area contributed by atoms with E-state index in [-0.39, 0.29) is 25.0 Å². The Bertz CT molecular complexity index is 1250. The van der Waals surface area contributed by atoms with Crippen molar-refractivity contribution in [2.24, 2.45) is 0 Å². The molecular formula is C30H35N3O4. The number of nitrogens with one attached hydrogen (secondary N) is 1. The first-order valence-electron chi connectivity index (χ1n) is 12.7. The first kappa shape index (κ1) is 26.4. The minimum Gasteiger partial charge on any atom is -0.481 e. The molecule has 1 heterocycles. The summed E-state index contributed by atoms with van der Waals surface area (Å²) < 4.78 is 0. The molecule has 1 fully saturated rings. The van der Waals surface area contributed by atoms with E-state index in [2.05, 4.69) is 21.2 Å². The molecule has 0 bridgehead atoms. The number of carboxylic acid groups (broad SMARTS) is 1. The Morgan fingerprint density at radius 3 is 2.35 bits per heavy atom. The van der Waals surface area contributed by atoms with Crippen LogP contribution >= 0.6 is 0 Å². The van der Waals surface area contributed by atoms with Crippen molar-refractivity contribution in [2.75, 3.05) is 37.6 Å². The summed E-state index contributed by atoms with van der Waals surface area (Å²) in [4.78, 5) is 28.6. The van der Waals surface area contributed by atoms with Crippen molar-refractivity contribution in [3.63, 3.8) is 0 Å². The maximum Gasteiger partial charge on any atom is 0.304 e. The van der Waals surface area contributed by atoms with Crippen LogP contribution in [0.4, 0.5) is 5.69 Å². The van der Waals surface area contributed by atoms with Gasteiger partial charge in [0.15, 0.2) is 0 Å². The summed E-state index contributed by atoms with van der Waals surface area (Å²) in [7, 11) is 0. The Kier molecular flexibility index (Phi) is 8.58. The van der Waals surface area contributed by atoms with Crippen LogP contribution in [0.5, 0.6) is 0 Å². The van der Waals surface area contributed by atoms with Gasteiger partial charge in [-0.25, -0.2) is 0 Å². The maximum atomic E-state index is 13.3. The third-order valence-electron chi connectivity index (χ3n) is 7.02. The molecule has 0 radical (unpaired) electrons. The summed E-state index contributed by atoms with van der Waals surface area (Å²) >= 11 is 0. The highest BCUT2D eigenvalue weighted by molar-refractivity contribution is 5.97. The first-order valence-corrected chi connectivity index (χ1v) is 12.7. The molecule has 0 unspecified atom stereocenters. The minimum absolute atomic E-state index is 0.00118. The zero-order valence-corrected chi connectivity index (χ0v) is 21.5. The predicted octanol–water partition coefficient (Wildman–Crippen LogP) is 4.24. The summed E-state index contributed by atoms with van der Waals surface area (Å²) in [5.74, 6) is -0.881. The molecule has 0 aliphatic carbocycles. The number of carbonyl (C=O) groups excluding carboxylic acids is 1. The second-order valence-corrected chi connectivity index (χ2v) is 9.65. The fourth-order valence-corrected chi connectivity index (χ4v) is 4.73. The SMILES string of the molecule is Cc1ccc(N2CCN(CCC(=O)O)CC2)cc1C(=O)N[C@H](C)c1cccc(-c2cccc(CO)c2)c1. The molecule has 37 heavy (non-hydrogen) atoms. The highest BCUT2D eigenvalue weighted by Crippen LogP contribution is 2.26. The van der Waals surface area contributed by atoms with E-state index in [4.69, 9.17) is 5.11 Å². The zero-order chi connectivity index (χ0) is 26.4. The molecular weight excluding hydrogens is 466 g/mol. The van der Waals surface area contributed by atoms with E-state index >= 15 is 0 Å². The smallest absolute Gasteiger partial charge is 0.304 e. The number of rotatable bonds is 9. The standard InChI is InChI=1S/C30H35N3O4/c1-21-9-10-27(33-15-13-32(14-16-33)12-11-29(35)36)19-28(21)30(37)31-22(2)24-6-4-8-26(18-24)25-7-3-5-23(17-25)20-34/h3-10,17-19,22,34H,11-16,20H2,1-2H3,(H,31,37)(H,35,36)/t22-/m1/s1. The molecule has 7 heteroatoms. The van der Waals surface area contributed by atoms with E-state index in [1.165, 1.54) is 0 Å². The van der Waals surface area contributed by atoms with Crippen LogP contribution < -0.4 is 10.2 Å². The predicted molar refractivity (Wildman–Crippen MR) is 146 cm³/mol. The van der Waals surface area contributed by atoms with Gasteiger partial charge in [-0.05, 0) is 65.9 Å².